The maximum atomic E-state index is 10.9. The second-order valence-corrected chi connectivity index (χ2v) is 4.03. The molecular formula is C10H11Cl2NO4. The molecule has 1 aromatic rings. The van der Waals surface area contributed by atoms with Crippen molar-refractivity contribution in [1.82, 2.24) is 4.98 Å². The lowest BCUT2D eigenvalue weighted by molar-refractivity contribution is -0.144. The van der Waals surface area contributed by atoms with E-state index in [9.17, 15) is 15.0 Å². The van der Waals surface area contributed by atoms with Crippen molar-refractivity contribution < 1.29 is 19.7 Å². The van der Waals surface area contributed by atoms with E-state index >= 15 is 0 Å². The number of methoxy groups -OCH3 is 1. The van der Waals surface area contributed by atoms with Crippen molar-refractivity contribution in [2.75, 3.05) is 7.11 Å². The molecule has 2 unspecified atom stereocenters. The summed E-state index contributed by atoms with van der Waals surface area (Å²) >= 11 is 11.5. The van der Waals surface area contributed by atoms with Crippen LogP contribution < -0.4 is 0 Å². The van der Waals surface area contributed by atoms with E-state index in [2.05, 4.69) is 9.72 Å². The van der Waals surface area contributed by atoms with Gasteiger partial charge in [-0.25, -0.2) is 4.98 Å². The molecule has 0 saturated heterocycles. The summed E-state index contributed by atoms with van der Waals surface area (Å²) in [5, 5.41) is 19.5. The van der Waals surface area contributed by atoms with Gasteiger partial charge in [0.25, 0.3) is 0 Å². The Balaban J connectivity index is 2.85. The van der Waals surface area contributed by atoms with Crippen LogP contribution in [0.2, 0.25) is 10.2 Å². The summed E-state index contributed by atoms with van der Waals surface area (Å²) in [4.78, 5) is 14.7. The molecule has 1 rings (SSSR count). The third-order valence-corrected chi connectivity index (χ3v) is 2.94. The summed E-state index contributed by atoms with van der Waals surface area (Å²) in [6.45, 7) is 0. The predicted molar refractivity (Wildman–Crippen MR) is 61.9 cm³/mol. The van der Waals surface area contributed by atoms with Gasteiger partial charge in [0, 0.05) is 11.8 Å². The van der Waals surface area contributed by atoms with Gasteiger partial charge in [0.15, 0.2) is 0 Å². The largest absolute Gasteiger partial charge is 0.469 e. The number of ether oxygens (including phenoxy) is 1. The van der Waals surface area contributed by atoms with Crippen LogP contribution >= 0.6 is 23.2 Å². The second kappa shape index (κ2) is 6.16. The van der Waals surface area contributed by atoms with Gasteiger partial charge < -0.3 is 14.9 Å². The minimum Gasteiger partial charge on any atom is -0.469 e. The lowest BCUT2D eigenvalue weighted by atomic mass is 10.0. The van der Waals surface area contributed by atoms with Crippen molar-refractivity contribution in [3.63, 3.8) is 0 Å². The van der Waals surface area contributed by atoms with Crippen LogP contribution in [0.1, 0.15) is 18.1 Å². The summed E-state index contributed by atoms with van der Waals surface area (Å²) in [5.41, 5.74) is 0.211. The number of esters is 1. The zero-order valence-corrected chi connectivity index (χ0v) is 10.4. The first kappa shape index (κ1) is 14.2. The number of rotatable bonds is 4. The van der Waals surface area contributed by atoms with E-state index in [1.165, 1.54) is 19.4 Å². The Morgan fingerprint density at radius 3 is 2.76 bits per heavy atom. The van der Waals surface area contributed by atoms with Crippen LogP contribution in [-0.2, 0) is 9.53 Å². The van der Waals surface area contributed by atoms with E-state index in [0.29, 0.717) is 0 Å². The van der Waals surface area contributed by atoms with Gasteiger partial charge in [-0.3, -0.25) is 4.79 Å². The molecule has 2 N–H and O–H groups in total. The van der Waals surface area contributed by atoms with Crippen molar-refractivity contribution in [3.8, 4) is 0 Å². The predicted octanol–water partition coefficient (Wildman–Crippen LogP) is 1.35. The number of aliphatic hydroxyl groups is 2. The van der Waals surface area contributed by atoms with Crippen molar-refractivity contribution in [3.05, 3.63) is 28.0 Å². The van der Waals surface area contributed by atoms with Crippen molar-refractivity contribution in [1.29, 1.82) is 0 Å². The minimum absolute atomic E-state index is 0.0217. The lowest BCUT2D eigenvalue weighted by Crippen LogP contribution is -2.23. The van der Waals surface area contributed by atoms with Gasteiger partial charge in [0.1, 0.15) is 11.3 Å². The molecule has 0 aliphatic heterocycles. The molecule has 0 aliphatic rings. The lowest BCUT2D eigenvalue weighted by Gasteiger charge is -2.18. The van der Waals surface area contributed by atoms with Crippen LogP contribution in [0, 0.1) is 0 Å². The van der Waals surface area contributed by atoms with Crippen LogP contribution in [0.4, 0.5) is 0 Å². The van der Waals surface area contributed by atoms with E-state index in [-0.39, 0.29) is 22.2 Å². The molecule has 0 spiro atoms. The van der Waals surface area contributed by atoms with Crippen LogP contribution in [0.25, 0.3) is 0 Å². The number of halogens is 2. The van der Waals surface area contributed by atoms with Crippen LogP contribution in [0.5, 0.6) is 0 Å². The van der Waals surface area contributed by atoms with Gasteiger partial charge in [-0.05, 0) is 6.07 Å². The number of carbonyl (C=O) groups excluding carboxylic acids is 1. The quantitative estimate of drug-likeness (QED) is 0.642. The van der Waals surface area contributed by atoms with E-state index in [1.54, 1.807) is 0 Å². The first-order chi connectivity index (χ1) is 7.97. The zero-order chi connectivity index (χ0) is 13.0. The Kier molecular flexibility index (Phi) is 5.14. The summed E-state index contributed by atoms with van der Waals surface area (Å²) in [6.07, 6.45) is -1.65. The number of aliphatic hydroxyl groups excluding tert-OH is 2. The van der Waals surface area contributed by atoms with Crippen LogP contribution in [-0.4, -0.2) is 34.4 Å². The van der Waals surface area contributed by atoms with Gasteiger partial charge in [0.2, 0.25) is 0 Å². The highest BCUT2D eigenvalue weighted by Crippen LogP contribution is 2.30. The van der Waals surface area contributed by atoms with Gasteiger partial charge >= 0.3 is 5.97 Å². The third kappa shape index (κ3) is 3.54. The van der Waals surface area contributed by atoms with Crippen molar-refractivity contribution in [2.45, 2.75) is 18.6 Å². The molecule has 0 saturated carbocycles. The Bertz CT molecular complexity index is 413. The first-order valence-electron chi connectivity index (χ1n) is 4.70. The number of hydrogen-bond acceptors (Lipinski definition) is 5. The normalized spacial score (nSPS) is 14.2. The molecule has 0 aromatic carbocycles. The Hall–Kier alpha value is -0.880. The SMILES string of the molecule is COC(=O)CC(O)C(O)c1ccnc(Cl)c1Cl. The second-order valence-electron chi connectivity index (χ2n) is 3.30. The summed E-state index contributed by atoms with van der Waals surface area (Å²) in [6, 6.07) is 1.42. The van der Waals surface area contributed by atoms with Gasteiger partial charge in [-0.15, -0.1) is 0 Å². The highest BCUT2D eigenvalue weighted by molar-refractivity contribution is 6.41. The van der Waals surface area contributed by atoms with E-state index < -0.39 is 18.2 Å². The molecule has 7 heteroatoms. The van der Waals surface area contributed by atoms with E-state index in [4.69, 9.17) is 23.2 Å². The standard InChI is InChI=1S/C10H11Cl2NO4/c1-17-7(15)4-6(14)9(16)5-2-3-13-10(12)8(5)11/h2-3,6,9,14,16H,4H2,1H3. The smallest absolute Gasteiger partial charge is 0.308 e. The fourth-order valence-electron chi connectivity index (χ4n) is 1.23. The van der Waals surface area contributed by atoms with Gasteiger partial charge in [0.05, 0.1) is 24.7 Å². The van der Waals surface area contributed by atoms with Crippen LogP contribution in [0.3, 0.4) is 0 Å². The number of pyridine rings is 1. The Morgan fingerprint density at radius 2 is 2.18 bits per heavy atom. The molecule has 0 bridgehead atoms. The average molecular weight is 280 g/mol. The molecule has 0 aliphatic carbocycles. The molecule has 0 radical (unpaired) electrons. The topological polar surface area (TPSA) is 79.7 Å². The highest BCUT2D eigenvalue weighted by atomic mass is 35.5. The summed E-state index contributed by atoms with van der Waals surface area (Å²) in [5.74, 6) is -0.632. The first-order valence-corrected chi connectivity index (χ1v) is 5.45. The molecule has 94 valence electrons. The Labute approximate surface area is 108 Å². The average Bonchev–Trinajstić information content (AvgIpc) is 2.31. The van der Waals surface area contributed by atoms with Gasteiger partial charge in [-0.2, -0.15) is 0 Å². The fourth-order valence-corrected chi connectivity index (χ4v) is 1.62. The maximum absolute atomic E-state index is 10.9. The zero-order valence-electron chi connectivity index (χ0n) is 8.93. The molecular weight excluding hydrogens is 269 g/mol. The Morgan fingerprint density at radius 1 is 1.53 bits per heavy atom. The van der Waals surface area contributed by atoms with E-state index in [1.807, 2.05) is 0 Å². The molecule has 17 heavy (non-hydrogen) atoms. The van der Waals surface area contributed by atoms with Gasteiger partial charge in [-0.1, -0.05) is 23.2 Å². The number of carbonyl (C=O) groups is 1. The minimum atomic E-state index is -1.33. The molecule has 5 nitrogen and oxygen atoms in total. The molecule has 0 amide bonds. The van der Waals surface area contributed by atoms with Crippen molar-refractivity contribution in [2.24, 2.45) is 0 Å². The number of aromatic nitrogens is 1. The highest BCUT2D eigenvalue weighted by Gasteiger charge is 2.24. The third-order valence-electron chi connectivity index (χ3n) is 2.16. The summed E-state index contributed by atoms with van der Waals surface area (Å²) in [7, 11) is 1.19. The van der Waals surface area contributed by atoms with Crippen LogP contribution in [0.15, 0.2) is 12.3 Å². The molecule has 0 fully saturated rings. The maximum Gasteiger partial charge on any atom is 0.308 e. The van der Waals surface area contributed by atoms with Crippen molar-refractivity contribution >= 4 is 29.2 Å². The summed E-state index contributed by atoms with van der Waals surface area (Å²) < 4.78 is 4.38. The molecule has 2 atom stereocenters. The number of nitrogens with zero attached hydrogens (tertiary/aromatic N) is 1. The van der Waals surface area contributed by atoms with E-state index in [0.717, 1.165) is 0 Å². The molecule has 1 heterocycles. The fraction of sp³-hybridized carbons (Fsp3) is 0.400. The molecule has 1 aromatic heterocycles. The monoisotopic (exact) mass is 279 g/mol. The number of hydrogen-bond donors (Lipinski definition) is 2.